The minimum Gasteiger partial charge on any atom is -0.397 e. The van der Waals surface area contributed by atoms with E-state index in [-0.39, 0.29) is 0 Å². The highest BCUT2D eigenvalue weighted by Crippen LogP contribution is 2.32. The van der Waals surface area contributed by atoms with Gasteiger partial charge in [-0.15, -0.1) is 0 Å². The van der Waals surface area contributed by atoms with E-state index in [4.69, 9.17) is 11.5 Å². The summed E-state index contributed by atoms with van der Waals surface area (Å²) in [7, 11) is 2.05. The summed E-state index contributed by atoms with van der Waals surface area (Å²) >= 11 is 0. The highest BCUT2D eigenvalue weighted by atomic mass is 16.1. The standard InChI is InChI=1S/C15H23N3O/c1-10-4-3-5-12(8-10)18(2)14-9-11(15(17)19)6-7-13(14)16/h6-7,9-10,12H,3-5,8,16H2,1-2H3,(H2,17,19). The van der Waals surface area contributed by atoms with Crippen LogP contribution in [0.2, 0.25) is 0 Å². The first-order valence-electron chi connectivity index (χ1n) is 6.91. The summed E-state index contributed by atoms with van der Waals surface area (Å²) in [5, 5.41) is 0. The molecule has 0 heterocycles. The number of nitrogens with two attached hydrogens (primary N) is 2. The van der Waals surface area contributed by atoms with Crippen molar-refractivity contribution < 1.29 is 4.79 Å². The van der Waals surface area contributed by atoms with Crippen LogP contribution in [0.4, 0.5) is 11.4 Å². The fourth-order valence-corrected chi connectivity index (χ4v) is 2.95. The summed E-state index contributed by atoms with van der Waals surface area (Å²) < 4.78 is 0. The van der Waals surface area contributed by atoms with E-state index >= 15 is 0 Å². The van der Waals surface area contributed by atoms with E-state index < -0.39 is 5.91 Å². The van der Waals surface area contributed by atoms with Crippen LogP contribution in [0.25, 0.3) is 0 Å². The number of rotatable bonds is 3. The molecule has 1 aliphatic rings. The van der Waals surface area contributed by atoms with E-state index in [9.17, 15) is 4.79 Å². The summed E-state index contributed by atoms with van der Waals surface area (Å²) in [6.45, 7) is 2.29. The van der Waals surface area contributed by atoms with Crippen molar-refractivity contribution in [1.29, 1.82) is 0 Å². The van der Waals surface area contributed by atoms with E-state index in [2.05, 4.69) is 18.9 Å². The molecule has 19 heavy (non-hydrogen) atoms. The van der Waals surface area contributed by atoms with Gasteiger partial charge in [-0.05, 0) is 37.0 Å². The zero-order valence-electron chi connectivity index (χ0n) is 11.7. The number of carbonyl (C=O) groups is 1. The normalized spacial score (nSPS) is 23.1. The number of hydrogen-bond acceptors (Lipinski definition) is 3. The fraction of sp³-hybridized carbons (Fsp3) is 0.533. The molecule has 4 heteroatoms. The van der Waals surface area contributed by atoms with E-state index in [1.807, 2.05) is 0 Å². The summed E-state index contributed by atoms with van der Waals surface area (Å²) in [5.74, 6) is 0.341. The SMILES string of the molecule is CC1CCCC(N(C)c2cc(C(N)=O)ccc2N)C1. The number of benzene rings is 1. The summed E-state index contributed by atoms with van der Waals surface area (Å²) in [6.07, 6.45) is 4.92. The Labute approximate surface area is 114 Å². The average molecular weight is 261 g/mol. The second-order valence-electron chi connectivity index (χ2n) is 5.67. The van der Waals surface area contributed by atoms with Gasteiger partial charge in [0.05, 0.1) is 11.4 Å². The van der Waals surface area contributed by atoms with Gasteiger partial charge in [-0.2, -0.15) is 0 Å². The van der Waals surface area contributed by atoms with Crippen LogP contribution in [0.5, 0.6) is 0 Å². The fourth-order valence-electron chi connectivity index (χ4n) is 2.95. The molecular weight excluding hydrogens is 238 g/mol. The molecule has 1 aromatic carbocycles. The van der Waals surface area contributed by atoms with Crippen molar-refractivity contribution >= 4 is 17.3 Å². The van der Waals surface area contributed by atoms with Crippen molar-refractivity contribution in [1.82, 2.24) is 0 Å². The molecule has 1 aromatic rings. The van der Waals surface area contributed by atoms with Crippen LogP contribution >= 0.6 is 0 Å². The predicted octanol–water partition coefficient (Wildman–Crippen LogP) is 2.38. The number of primary amides is 1. The third-order valence-corrected chi connectivity index (χ3v) is 4.15. The molecule has 2 unspecified atom stereocenters. The Morgan fingerprint density at radius 1 is 1.37 bits per heavy atom. The van der Waals surface area contributed by atoms with Gasteiger partial charge in [0.1, 0.15) is 0 Å². The zero-order valence-corrected chi connectivity index (χ0v) is 11.7. The summed E-state index contributed by atoms with van der Waals surface area (Å²) in [6, 6.07) is 5.74. The third-order valence-electron chi connectivity index (χ3n) is 4.15. The Balaban J connectivity index is 2.24. The van der Waals surface area contributed by atoms with Gasteiger partial charge in [0, 0.05) is 18.7 Å². The van der Waals surface area contributed by atoms with Gasteiger partial charge in [-0.1, -0.05) is 19.8 Å². The molecule has 104 valence electrons. The lowest BCUT2D eigenvalue weighted by Crippen LogP contribution is -2.36. The number of hydrogen-bond donors (Lipinski definition) is 2. The lowest BCUT2D eigenvalue weighted by atomic mass is 9.86. The van der Waals surface area contributed by atoms with Crippen LogP contribution in [-0.2, 0) is 0 Å². The molecule has 2 rings (SSSR count). The molecule has 1 fully saturated rings. The molecule has 2 atom stereocenters. The minimum atomic E-state index is -0.410. The lowest BCUT2D eigenvalue weighted by molar-refractivity contribution is 0.100. The molecule has 1 saturated carbocycles. The van der Waals surface area contributed by atoms with Crippen LogP contribution in [-0.4, -0.2) is 19.0 Å². The van der Waals surface area contributed by atoms with Gasteiger partial charge in [0.15, 0.2) is 0 Å². The lowest BCUT2D eigenvalue weighted by Gasteiger charge is -2.36. The van der Waals surface area contributed by atoms with Crippen molar-refractivity contribution in [3.63, 3.8) is 0 Å². The van der Waals surface area contributed by atoms with Gasteiger partial charge in [0.2, 0.25) is 5.91 Å². The molecule has 0 saturated heterocycles. The molecule has 0 aromatic heterocycles. The van der Waals surface area contributed by atoms with Crippen molar-refractivity contribution in [2.45, 2.75) is 38.6 Å². The predicted molar refractivity (Wildman–Crippen MR) is 79.2 cm³/mol. The Hall–Kier alpha value is -1.71. The molecule has 0 spiro atoms. The van der Waals surface area contributed by atoms with Crippen LogP contribution in [0, 0.1) is 5.92 Å². The number of nitrogens with zero attached hydrogens (tertiary/aromatic N) is 1. The Morgan fingerprint density at radius 3 is 2.74 bits per heavy atom. The molecule has 4 N–H and O–H groups in total. The van der Waals surface area contributed by atoms with Crippen molar-refractivity contribution in [3.8, 4) is 0 Å². The Bertz CT molecular complexity index is 472. The third kappa shape index (κ3) is 3.00. The molecule has 1 aliphatic carbocycles. The van der Waals surface area contributed by atoms with Gasteiger partial charge in [-0.25, -0.2) is 0 Å². The maximum absolute atomic E-state index is 11.3. The first kappa shape index (κ1) is 13.7. The molecule has 0 bridgehead atoms. The van der Waals surface area contributed by atoms with Crippen molar-refractivity contribution in [3.05, 3.63) is 23.8 Å². The van der Waals surface area contributed by atoms with Crippen molar-refractivity contribution in [2.75, 3.05) is 17.7 Å². The van der Waals surface area contributed by atoms with Crippen LogP contribution in [0.15, 0.2) is 18.2 Å². The summed E-state index contributed by atoms with van der Waals surface area (Å²) in [4.78, 5) is 13.5. The second-order valence-corrected chi connectivity index (χ2v) is 5.67. The van der Waals surface area contributed by atoms with E-state index in [1.165, 1.54) is 25.7 Å². The molecule has 1 amide bonds. The first-order chi connectivity index (χ1) is 8.99. The number of anilines is 2. The van der Waals surface area contributed by atoms with Crippen LogP contribution in [0.1, 0.15) is 43.0 Å². The van der Waals surface area contributed by atoms with Gasteiger partial charge in [-0.3, -0.25) is 4.79 Å². The second kappa shape index (κ2) is 5.51. The largest absolute Gasteiger partial charge is 0.397 e. The van der Waals surface area contributed by atoms with Crippen LogP contribution in [0.3, 0.4) is 0 Å². The summed E-state index contributed by atoms with van der Waals surface area (Å²) in [5.41, 5.74) is 13.5. The highest BCUT2D eigenvalue weighted by Gasteiger charge is 2.23. The molecule has 0 aliphatic heterocycles. The van der Waals surface area contributed by atoms with Crippen molar-refractivity contribution in [2.24, 2.45) is 11.7 Å². The van der Waals surface area contributed by atoms with Gasteiger partial charge >= 0.3 is 0 Å². The zero-order chi connectivity index (χ0) is 14.0. The number of amides is 1. The topological polar surface area (TPSA) is 72.3 Å². The average Bonchev–Trinajstić information content (AvgIpc) is 2.38. The van der Waals surface area contributed by atoms with Crippen LogP contribution < -0.4 is 16.4 Å². The molecule has 4 nitrogen and oxygen atoms in total. The Morgan fingerprint density at radius 2 is 2.11 bits per heavy atom. The van der Waals surface area contributed by atoms with E-state index in [0.717, 1.165) is 11.6 Å². The van der Waals surface area contributed by atoms with Gasteiger partial charge in [0.25, 0.3) is 0 Å². The number of nitrogen functional groups attached to an aromatic ring is 1. The maximum Gasteiger partial charge on any atom is 0.248 e. The van der Waals surface area contributed by atoms with Gasteiger partial charge < -0.3 is 16.4 Å². The monoisotopic (exact) mass is 261 g/mol. The smallest absolute Gasteiger partial charge is 0.248 e. The molecular formula is C15H23N3O. The molecule has 0 radical (unpaired) electrons. The quantitative estimate of drug-likeness (QED) is 0.820. The highest BCUT2D eigenvalue weighted by molar-refractivity contribution is 5.95. The minimum absolute atomic E-state index is 0.410. The van der Waals surface area contributed by atoms with E-state index in [1.54, 1.807) is 18.2 Å². The van der Waals surface area contributed by atoms with E-state index in [0.29, 0.717) is 17.3 Å². The first-order valence-corrected chi connectivity index (χ1v) is 6.91. The number of carbonyl (C=O) groups excluding carboxylic acids is 1. The Kier molecular flexibility index (Phi) is 3.98. The maximum atomic E-state index is 11.3.